The number of nitrogens with one attached hydrogen (secondary N) is 2. The van der Waals surface area contributed by atoms with Gasteiger partial charge in [-0.2, -0.15) is 0 Å². The average Bonchev–Trinajstić information content (AvgIpc) is 2.76. The van der Waals surface area contributed by atoms with Gasteiger partial charge in [-0.05, 0) is 18.6 Å². The minimum absolute atomic E-state index is 0.0128. The van der Waals surface area contributed by atoms with Crippen LogP contribution in [0.2, 0.25) is 0 Å². The first-order valence-electron chi connectivity index (χ1n) is 9.63. The van der Waals surface area contributed by atoms with Gasteiger partial charge in [-0.25, -0.2) is 4.98 Å². The largest absolute Gasteiger partial charge is 0.495 e. The normalized spacial score (nSPS) is 14.0. The number of rotatable bonds is 8. The van der Waals surface area contributed by atoms with E-state index in [9.17, 15) is 9.59 Å². The summed E-state index contributed by atoms with van der Waals surface area (Å²) in [5.41, 5.74) is 0.627. The number of hydrogen-bond acceptors (Lipinski definition) is 7. The van der Waals surface area contributed by atoms with Crippen molar-refractivity contribution in [1.29, 1.82) is 0 Å². The van der Waals surface area contributed by atoms with Crippen LogP contribution in [0, 0.1) is 0 Å². The molecule has 1 amide bonds. The van der Waals surface area contributed by atoms with Crippen LogP contribution in [0.1, 0.15) is 16.8 Å². The monoisotopic (exact) mass is 401 g/mol. The van der Waals surface area contributed by atoms with Crippen LogP contribution in [0.15, 0.2) is 35.3 Å². The van der Waals surface area contributed by atoms with Gasteiger partial charge in [0.05, 0.1) is 12.8 Å². The molecule has 2 heterocycles. The van der Waals surface area contributed by atoms with Crippen molar-refractivity contribution in [1.82, 2.24) is 15.3 Å². The third kappa shape index (κ3) is 5.05. The van der Waals surface area contributed by atoms with Gasteiger partial charge in [-0.15, -0.1) is 0 Å². The van der Waals surface area contributed by atoms with Gasteiger partial charge in [-0.3, -0.25) is 14.6 Å². The second-order valence-electron chi connectivity index (χ2n) is 6.70. The van der Waals surface area contributed by atoms with Gasteiger partial charge in [0.25, 0.3) is 11.5 Å². The fraction of sp³-hybridized carbons (Fsp3) is 0.450. The molecule has 0 saturated carbocycles. The first kappa shape index (κ1) is 20.7. The van der Waals surface area contributed by atoms with Gasteiger partial charge < -0.3 is 24.6 Å². The van der Waals surface area contributed by atoms with Gasteiger partial charge in [0, 0.05) is 52.6 Å². The van der Waals surface area contributed by atoms with Crippen molar-refractivity contribution < 1.29 is 14.3 Å². The Balaban J connectivity index is 1.60. The summed E-state index contributed by atoms with van der Waals surface area (Å²) in [6.45, 7) is 3.93. The van der Waals surface area contributed by atoms with Gasteiger partial charge in [0.15, 0.2) is 0 Å². The molecule has 9 nitrogen and oxygen atoms in total. The Bertz CT molecular complexity index is 877. The number of hydrogen-bond donors (Lipinski definition) is 2. The summed E-state index contributed by atoms with van der Waals surface area (Å²) in [6, 6.07) is 7.92. The van der Waals surface area contributed by atoms with Crippen molar-refractivity contribution in [2.24, 2.45) is 0 Å². The highest BCUT2D eigenvalue weighted by atomic mass is 16.5. The molecule has 2 N–H and O–H groups in total. The van der Waals surface area contributed by atoms with Crippen LogP contribution in [-0.4, -0.2) is 69.4 Å². The number of piperazine rings is 1. The Labute approximate surface area is 169 Å². The number of carbonyl (C=O) groups excluding carboxylic acids is 1. The second-order valence-corrected chi connectivity index (χ2v) is 6.70. The van der Waals surface area contributed by atoms with E-state index in [4.69, 9.17) is 9.47 Å². The van der Waals surface area contributed by atoms with Crippen molar-refractivity contribution in [2.75, 3.05) is 63.4 Å². The third-order valence-corrected chi connectivity index (χ3v) is 4.85. The number of anilines is 2. The number of benzene rings is 1. The first-order valence-corrected chi connectivity index (χ1v) is 9.63. The lowest BCUT2D eigenvalue weighted by Crippen LogP contribution is -2.47. The number of para-hydroxylation sites is 2. The lowest BCUT2D eigenvalue weighted by molar-refractivity contribution is 0.0946. The lowest BCUT2D eigenvalue weighted by atomic mass is 10.2. The van der Waals surface area contributed by atoms with Gasteiger partial charge in [-0.1, -0.05) is 12.1 Å². The zero-order valence-corrected chi connectivity index (χ0v) is 16.8. The van der Waals surface area contributed by atoms with Crippen molar-refractivity contribution in [2.45, 2.75) is 6.42 Å². The third-order valence-electron chi connectivity index (χ3n) is 4.85. The summed E-state index contributed by atoms with van der Waals surface area (Å²) in [5, 5.41) is 2.70. The average molecular weight is 401 g/mol. The van der Waals surface area contributed by atoms with E-state index in [-0.39, 0.29) is 5.56 Å². The highest BCUT2D eigenvalue weighted by molar-refractivity contribution is 5.93. The summed E-state index contributed by atoms with van der Waals surface area (Å²) >= 11 is 0. The van der Waals surface area contributed by atoms with Crippen LogP contribution < -0.4 is 25.4 Å². The van der Waals surface area contributed by atoms with Gasteiger partial charge in [0.2, 0.25) is 5.95 Å². The number of ether oxygens (including phenoxy) is 2. The number of aromatic nitrogens is 2. The highest BCUT2D eigenvalue weighted by Crippen LogP contribution is 2.28. The molecule has 1 aromatic heterocycles. The molecule has 1 aromatic carbocycles. The van der Waals surface area contributed by atoms with E-state index in [2.05, 4.69) is 20.2 Å². The second kappa shape index (κ2) is 9.92. The molecule has 3 rings (SSSR count). The van der Waals surface area contributed by atoms with E-state index in [1.54, 1.807) is 14.2 Å². The van der Waals surface area contributed by atoms with E-state index in [0.29, 0.717) is 38.6 Å². The molecule has 0 bridgehead atoms. The van der Waals surface area contributed by atoms with Gasteiger partial charge >= 0.3 is 0 Å². The molecule has 1 saturated heterocycles. The van der Waals surface area contributed by atoms with E-state index in [1.165, 1.54) is 6.20 Å². The predicted octanol–water partition coefficient (Wildman–Crippen LogP) is 0.871. The summed E-state index contributed by atoms with van der Waals surface area (Å²) < 4.78 is 10.4. The van der Waals surface area contributed by atoms with Crippen molar-refractivity contribution in [3.05, 3.63) is 46.4 Å². The molecular formula is C20H27N5O4. The maximum atomic E-state index is 12.3. The Kier molecular flexibility index (Phi) is 7.07. The summed E-state index contributed by atoms with van der Waals surface area (Å²) in [7, 11) is 3.27. The van der Waals surface area contributed by atoms with E-state index < -0.39 is 11.5 Å². The van der Waals surface area contributed by atoms with E-state index in [0.717, 1.165) is 24.5 Å². The number of H-pyrrole nitrogens is 1. The van der Waals surface area contributed by atoms with Crippen molar-refractivity contribution in [3.63, 3.8) is 0 Å². The maximum Gasteiger partial charge on any atom is 0.265 e. The zero-order chi connectivity index (χ0) is 20.6. The van der Waals surface area contributed by atoms with Crippen LogP contribution in [-0.2, 0) is 4.74 Å². The summed E-state index contributed by atoms with van der Waals surface area (Å²) in [4.78, 5) is 35.8. The van der Waals surface area contributed by atoms with Crippen molar-refractivity contribution in [3.8, 4) is 5.75 Å². The molecule has 0 unspecified atom stereocenters. The number of nitrogens with zero attached hydrogens (tertiary/aromatic N) is 3. The standard InChI is InChI=1S/C20H27N5O4/c1-28-13-5-8-21-18(26)15-14-22-20(23-19(15)27)25-11-9-24(10-12-25)16-6-3-4-7-17(16)29-2/h3-4,6-7,14H,5,8-13H2,1-2H3,(H,21,26)(H,22,23,27). The quantitative estimate of drug-likeness (QED) is 0.633. The maximum absolute atomic E-state index is 12.3. The number of carbonyl (C=O) groups is 1. The number of aromatic amines is 1. The Morgan fingerprint density at radius 1 is 1.17 bits per heavy atom. The SMILES string of the molecule is COCCCNC(=O)c1cnc(N2CCN(c3ccccc3OC)CC2)[nH]c1=O. The molecule has 0 radical (unpaired) electrons. The molecule has 9 heteroatoms. The fourth-order valence-electron chi connectivity index (χ4n) is 3.27. The van der Waals surface area contributed by atoms with Crippen LogP contribution in [0.5, 0.6) is 5.75 Å². The Hall–Kier alpha value is -3.07. The Morgan fingerprint density at radius 2 is 1.90 bits per heavy atom. The van der Waals surface area contributed by atoms with Crippen LogP contribution >= 0.6 is 0 Å². The van der Waals surface area contributed by atoms with E-state index in [1.807, 2.05) is 29.2 Å². The summed E-state index contributed by atoms with van der Waals surface area (Å²) in [5.74, 6) is 0.890. The van der Waals surface area contributed by atoms with Gasteiger partial charge in [0.1, 0.15) is 11.3 Å². The molecule has 1 aliphatic heterocycles. The zero-order valence-electron chi connectivity index (χ0n) is 16.8. The predicted molar refractivity (Wildman–Crippen MR) is 111 cm³/mol. The summed E-state index contributed by atoms with van der Waals surface area (Å²) in [6.07, 6.45) is 2.02. The Morgan fingerprint density at radius 3 is 2.59 bits per heavy atom. The minimum atomic E-state index is -0.439. The highest BCUT2D eigenvalue weighted by Gasteiger charge is 2.22. The van der Waals surface area contributed by atoms with E-state index >= 15 is 0 Å². The topological polar surface area (TPSA) is 99.8 Å². The smallest absolute Gasteiger partial charge is 0.265 e. The fourth-order valence-corrected chi connectivity index (χ4v) is 3.27. The molecule has 1 aliphatic rings. The molecule has 1 fully saturated rings. The van der Waals surface area contributed by atoms with Crippen LogP contribution in [0.4, 0.5) is 11.6 Å². The molecule has 0 aliphatic carbocycles. The molecular weight excluding hydrogens is 374 g/mol. The number of methoxy groups -OCH3 is 2. The number of amides is 1. The lowest BCUT2D eigenvalue weighted by Gasteiger charge is -2.36. The van der Waals surface area contributed by atoms with Crippen LogP contribution in [0.3, 0.4) is 0 Å². The molecule has 156 valence electrons. The van der Waals surface area contributed by atoms with Crippen molar-refractivity contribution >= 4 is 17.5 Å². The molecule has 0 atom stereocenters. The molecule has 0 spiro atoms. The minimum Gasteiger partial charge on any atom is -0.495 e. The molecule has 2 aromatic rings. The first-order chi connectivity index (χ1) is 14.1. The van der Waals surface area contributed by atoms with Crippen LogP contribution in [0.25, 0.3) is 0 Å². The molecule has 29 heavy (non-hydrogen) atoms.